The van der Waals surface area contributed by atoms with Gasteiger partial charge < -0.3 is 10.1 Å². The summed E-state index contributed by atoms with van der Waals surface area (Å²) in [6.45, 7) is 2.24. The van der Waals surface area contributed by atoms with Crippen molar-refractivity contribution < 1.29 is 17.9 Å². The van der Waals surface area contributed by atoms with E-state index in [0.717, 1.165) is 16.9 Å². The lowest BCUT2D eigenvalue weighted by molar-refractivity contribution is 0.0940. The molecule has 0 aromatic heterocycles. The van der Waals surface area contributed by atoms with Crippen molar-refractivity contribution in [2.45, 2.75) is 24.3 Å². The number of fused-ring (bicyclic) bond motifs is 1. The molecule has 3 aromatic carbocycles. The van der Waals surface area contributed by atoms with E-state index >= 15 is 0 Å². The largest absolute Gasteiger partial charge is 0.497 e. The van der Waals surface area contributed by atoms with Crippen molar-refractivity contribution in [2.75, 3.05) is 18.0 Å². The van der Waals surface area contributed by atoms with E-state index in [1.807, 2.05) is 31.2 Å². The lowest BCUT2D eigenvalue weighted by atomic mass is 10.1. The van der Waals surface area contributed by atoms with E-state index in [-0.39, 0.29) is 16.8 Å². The molecule has 0 radical (unpaired) electrons. The van der Waals surface area contributed by atoms with Crippen molar-refractivity contribution in [2.24, 2.45) is 0 Å². The summed E-state index contributed by atoms with van der Waals surface area (Å²) in [5, 5.41) is 3.47. The highest BCUT2D eigenvalue weighted by atomic mass is 35.5. The molecule has 6 nitrogen and oxygen atoms in total. The first-order chi connectivity index (χ1) is 15.3. The number of ether oxygens (including phenoxy) is 1. The van der Waals surface area contributed by atoms with Crippen LogP contribution in [0, 0.1) is 0 Å². The average molecular weight is 471 g/mol. The van der Waals surface area contributed by atoms with E-state index < -0.39 is 10.0 Å². The number of carbonyl (C=O) groups excluding carboxylic acids is 1. The van der Waals surface area contributed by atoms with Crippen molar-refractivity contribution in [3.05, 3.63) is 88.4 Å². The van der Waals surface area contributed by atoms with Gasteiger partial charge in [-0.05, 0) is 79.1 Å². The molecular weight excluding hydrogens is 448 g/mol. The fourth-order valence-corrected chi connectivity index (χ4v) is 5.38. The molecule has 0 saturated carbocycles. The van der Waals surface area contributed by atoms with Gasteiger partial charge in [0.05, 0.1) is 23.7 Å². The molecule has 1 unspecified atom stereocenters. The standard InChI is InChI=1S/C24H23ClN2O4S/c1-16(17-3-8-21(31-2)9-4-17)26-24(28)19-5-12-23-18(15-19)13-14-27(23)32(29,30)22-10-6-20(25)7-11-22/h3-12,15-16H,13-14H2,1-2H3,(H,26,28). The number of sulfonamides is 1. The topological polar surface area (TPSA) is 75.7 Å². The van der Waals surface area contributed by atoms with Crippen molar-refractivity contribution in [1.29, 1.82) is 0 Å². The van der Waals surface area contributed by atoms with Gasteiger partial charge in [-0.3, -0.25) is 9.10 Å². The zero-order valence-corrected chi connectivity index (χ0v) is 19.3. The molecule has 1 amide bonds. The number of benzene rings is 3. The van der Waals surface area contributed by atoms with Gasteiger partial charge in [-0.25, -0.2) is 8.42 Å². The third-order valence-electron chi connectivity index (χ3n) is 5.56. The van der Waals surface area contributed by atoms with Crippen LogP contribution in [0.15, 0.2) is 71.6 Å². The predicted octanol–water partition coefficient (Wildman–Crippen LogP) is 4.59. The number of nitrogens with one attached hydrogen (secondary N) is 1. The van der Waals surface area contributed by atoms with E-state index in [0.29, 0.717) is 29.2 Å². The van der Waals surface area contributed by atoms with Crippen molar-refractivity contribution in [1.82, 2.24) is 5.32 Å². The Labute approximate surface area is 192 Å². The number of nitrogens with zero attached hydrogens (tertiary/aromatic N) is 1. The van der Waals surface area contributed by atoms with Crippen LogP contribution in [0.2, 0.25) is 5.02 Å². The second-order valence-corrected chi connectivity index (χ2v) is 9.89. The molecule has 0 spiro atoms. The Bertz CT molecular complexity index is 1240. The maximum absolute atomic E-state index is 13.1. The second kappa shape index (κ2) is 8.84. The molecule has 3 aromatic rings. The minimum atomic E-state index is -3.70. The highest BCUT2D eigenvalue weighted by Gasteiger charge is 2.31. The van der Waals surface area contributed by atoms with Gasteiger partial charge in [0, 0.05) is 17.1 Å². The lowest BCUT2D eigenvalue weighted by Crippen LogP contribution is -2.29. The van der Waals surface area contributed by atoms with Crippen molar-refractivity contribution in [3.63, 3.8) is 0 Å². The Kier molecular flexibility index (Phi) is 6.13. The summed E-state index contributed by atoms with van der Waals surface area (Å²) in [4.78, 5) is 13.0. The monoisotopic (exact) mass is 470 g/mol. The van der Waals surface area contributed by atoms with Crippen LogP contribution in [-0.2, 0) is 16.4 Å². The minimum Gasteiger partial charge on any atom is -0.497 e. The molecule has 0 fully saturated rings. The zero-order chi connectivity index (χ0) is 22.9. The predicted molar refractivity (Wildman–Crippen MR) is 125 cm³/mol. The highest BCUT2D eigenvalue weighted by molar-refractivity contribution is 7.92. The molecule has 0 bridgehead atoms. The molecule has 1 aliphatic heterocycles. The summed E-state index contributed by atoms with van der Waals surface area (Å²) in [5.41, 5.74) is 2.88. The molecule has 1 heterocycles. The fourth-order valence-electron chi connectivity index (χ4n) is 3.75. The Hall–Kier alpha value is -3.03. The molecule has 4 rings (SSSR count). The summed E-state index contributed by atoms with van der Waals surface area (Å²) in [5.74, 6) is 0.541. The van der Waals surface area contributed by atoms with Crippen LogP contribution in [0.3, 0.4) is 0 Å². The fraction of sp³-hybridized carbons (Fsp3) is 0.208. The highest BCUT2D eigenvalue weighted by Crippen LogP contribution is 2.34. The van der Waals surface area contributed by atoms with Gasteiger partial charge in [0.2, 0.25) is 0 Å². The van der Waals surface area contributed by atoms with Crippen LogP contribution < -0.4 is 14.4 Å². The number of carbonyl (C=O) groups is 1. The number of methoxy groups -OCH3 is 1. The maximum Gasteiger partial charge on any atom is 0.264 e. The van der Waals surface area contributed by atoms with Crippen molar-refractivity contribution >= 4 is 33.2 Å². The Balaban J connectivity index is 1.51. The number of hydrogen-bond donors (Lipinski definition) is 1. The molecule has 32 heavy (non-hydrogen) atoms. The molecule has 1 aliphatic rings. The number of amides is 1. The van der Waals surface area contributed by atoms with E-state index in [9.17, 15) is 13.2 Å². The van der Waals surface area contributed by atoms with Crippen molar-refractivity contribution in [3.8, 4) is 5.75 Å². The third-order valence-corrected chi connectivity index (χ3v) is 7.64. The quantitative estimate of drug-likeness (QED) is 0.571. The molecule has 0 saturated heterocycles. The molecule has 166 valence electrons. The molecular formula is C24H23ClN2O4S. The van der Waals surface area contributed by atoms with E-state index in [1.165, 1.54) is 16.4 Å². The van der Waals surface area contributed by atoms with Crippen LogP contribution in [0.4, 0.5) is 5.69 Å². The Morgan fingerprint density at radius 3 is 2.41 bits per heavy atom. The summed E-state index contributed by atoms with van der Waals surface area (Å²) in [7, 11) is -2.09. The Morgan fingerprint density at radius 2 is 1.75 bits per heavy atom. The molecule has 1 atom stereocenters. The molecule has 8 heteroatoms. The normalized spacial score (nSPS) is 14.0. The van der Waals surface area contributed by atoms with E-state index in [1.54, 1.807) is 37.4 Å². The van der Waals surface area contributed by atoms with Gasteiger partial charge in [-0.2, -0.15) is 0 Å². The van der Waals surface area contributed by atoms with Crippen LogP contribution in [0.5, 0.6) is 5.75 Å². The first-order valence-corrected chi connectivity index (χ1v) is 12.0. The van der Waals surface area contributed by atoms with Crippen LogP contribution >= 0.6 is 11.6 Å². The molecule has 1 N–H and O–H groups in total. The summed E-state index contributed by atoms with van der Waals surface area (Å²) in [6, 6.07) is 18.6. The van der Waals surface area contributed by atoms with Gasteiger partial charge >= 0.3 is 0 Å². The SMILES string of the molecule is COc1ccc(C(C)NC(=O)c2ccc3c(c2)CCN3S(=O)(=O)c2ccc(Cl)cc2)cc1. The number of halogens is 1. The van der Waals surface area contributed by atoms with Crippen LogP contribution in [0.1, 0.15) is 34.5 Å². The summed E-state index contributed by atoms with van der Waals surface area (Å²) >= 11 is 5.89. The van der Waals surface area contributed by atoms with Gasteiger partial charge in [0.15, 0.2) is 0 Å². The summed E-state index contributed by atoms with van der Waals surface area (Å²) < 4.78 is 32.7. The summed E-state index contributed by atoms with van der Waals surface area (Å²) in [6.07, 6.45) is 0.539. The third kappa shape index (κ3) is 4.31. The van der Waals surface area contributed by atoms with Crippen LogP contribution in [-0.4, -0.2) is 28.0 Å². The minimum absolute atomic E-state index is 0.185. The van der Waals surface area contributed by atoms with E-state index in [2.05, 4.69) is 5.32 Å². The van der Waals surface area contributed by atoms with Crippen LogP contribution in [0.25, 0.3) is 0 Å². The maximum atomic E-state index is 13.1. The number of anilines is 1. The second-order valence-electron chi connectivity index (χ2n) is 7.59. The van der Waals surface area contributed by atoms with Gasteiger partial charge in [0.25, 0.3) is 15.9 Å². The number of hydrogen-bond acceptors (Lipinski definition) is 4. The molecule has 0 aliphatic carbocycles. The van der Waals surface area contributed by atoms with Gasteiger partial charge in [0.1, 0.15) is 5.75 Å². The first-order valence-electron chi connectivity index (χ1n) is 10.2. The Morgan fingerprint density at radius 1 is 1.06 bits per heavy atom. The van der Waals surface area contributed by atoms with Gasteiger partial charge in [-0.1, -0.05) is 23.7 Å². The zero-order valence-electron chi connectivity index (χ0n) is 17.7. The van der Waals surface area contributed by atoms with E-state index in [4.69, 9.17) is 16.3 Å². The smallest absolute Gasteiger partial charge is 0.264 e. The van der Waals surface area contributed by atoms with Gasteiger partial charge in [-0.15, -0.1) is 0 Å². The lowest BCUT2D eigenvalue weighted by Gasteiger charge is -2.20. The average Bonchev–Trinajstić information content (AvgIpc) is 3.23. The number of rotatable bonds is 6. The first kappa shape index (κ1) is 22.2.